The van der Waals surface area contributed by atoms with Gasteiger partial charge in [0.25, 0.3) is 0 Å². The first kappa shape index (κ1) is 22.1. The highest BCUT2D eigenvalue weighted by Crippen LogP contribution is 2.28. The van der Waals surface area contributed by atoms with E-state index in [1.165, 1.54) is 0 Å². The molecule has 0 fully saturated rings. The average molecular weight is 450 g/mol. The minimum Gasteiger partial charge on any atom is -0.463 e. The summed E-state index contributed by atoms with van der Waals surface area (Å²) < 4.78 is 15.7. The van der Waals surface area contributed by atoms with Gasteiger partial charge in [-0.2, -0.15) is 0 Å². The summed E-state index contributed by atoms with van der Waals surface area (Å²) in [6.07, 6.45) is -0.952. The van der Waals surface area contributed by atoms with Gasteiger partial charge in [-0.1, -0.05) is 48.5 Å². The number of rotatable bonds is 6. The van der Waals surface area contributed by atoms with Crippen LogP contribution in [0.3, 0.4) is 0 Å². The van der Waals surface area contributed by atoms with E-state index in [9.17, 15) is 19.2 Å². The van der Waals surface area contributed by atoms with Crippen molar-refractivity contribution in [3.8, 4) is 0 Å². The Morgan fingerprint density at radius 3 is 2.52 bits per heavy atom. The van der Waals surface area contributed by atoms with Crippen molar-refractivity contribution in [2.24, 2.45) is 0 Å². The van der Waals surface area contributed by atoms with Gasteiger partial charge in [0.1, 0.15) is 6.61 Å². The van der Waals surface area contributed by atoms with Crippen LogP contribution in [0.1, 0.15) is 34.5 Å². The summed E-state index contributed by atoms with van der Waals surface area (Å²) in [5.74, 6) is -2.04. The maximum Gasteiger partial charge on any atom is 0.348 e. The predicted molar refractivity (Wildman–Crippen MR) is 115 cm³/mol. The van der Waals surface area contributed by atoms with Gasteiger partial charge in [0.15, 0.2) is 0 Å². The van der Waals surface area contributed by atoms with E-state index in [2.05, 4.69) is 10.6 Å². The van der Waals surface area contributed by atoms with E-state index in [-0.39, 0.29) is 24.3 Å². The highest BCUT2D eigenvalue weighted by molar-refractivity contribution is 5.96. The molecule has 2 aromatic carbocycles. The second-order valence-corrected chi connectivity index (χ2v) is 7.42. The maximum absolute atomic E-state index is 12.7. The highest BCUT2D eigenvalue weighted by atomic mass is 16.6. The molecule has 0 saturated heterocycles. The number of carbonyl (C=O) groups excluding carboxylic acids is 4. The Balaban J connectivity index is 1.56. The fraction of sp³-hybridized carbons (Fsp3) is 0.250. The number of nitrogens with one attached hydrogen (secondary N) is 2. The summed E-state index contributed by atoms with van der Waals surface area (Å²) in [7, 11) is 0. The number of amides is 2. The molecular weight excluding hydrogens is 428 g/mol. The minimum atomic E-state index is -1.12. The van der Waals surface area contributed by atoms with Crippen molar-refractivity contribution in [2.75, 3.05) is 13.2 Å². The third kappa shape index (κ3) is 4.72. The van der Waals surface area contributed by atoms with Crippen LogP contribution < -0.4 is 10.6 Å². The number of urea groups is 1. The molecule has 2 aliphatic rings. The van der Waals surface area contributed by atoms with Crippen molar-refractivity contribution in [3.63, 3.8) is 0 Å². The van der Waals surface area contributed by atoms with Crippen molar-refractivity contribution in [1.82, 2.24) is 10.6 Å². The Morgan fingerprint density at radius 1 is 1.03 bits per heavy atom. The van der Waals surface area contributed by atoms with E-state index >= 15 is 0 Å². The summed E-state index contributed by atoms with van der Waals surface area (Å²) in [5.41, 5.74) is 1.98. The molecule has 0 aromatic heterocycles. The topological polar surface area (TPSA) is 120 Å². The number of benzene rings is 2. The Labute approximate surface area is 189 Å². The zero-order valence-electron chi connectivity index (χ0n) is 17.8. The molecule has 33 heavy (non-hydrogen) atoms. The molecule has 2 aliphatic heterocycles. The molecule has 2 atom stereocenters. The number of esters is 3. The van der Waals surface area contributed by atoms with Crippen LogP contribution in [0.15, 0.2) is 65.9 Å². The van der Waals surface area contributed by atoms with Crippen LogP contribution >= 0.6 is 0 Å². The minimum absolute atomic E-state index is 0.0990. The summed E-state index contributed by atoms with van der Waals surface area (Å²) in [6, 6.07) is 14.4. The van der Waals surface area contributed by atoms with Gasteiger partial charge in [-0.3, -0.25) is 0 Å². The number of ether oxygens (including phenoxy) is 3. The third-order valence-corrected chi connectivity index (χ3v) is 5.30. The van der Waals surface area contributed by atoms with Crippen molar-refractivity contribution in [3.05, 3.63) is 82.6 Å². The molecule has 0 unspecified atom stereocenters. The Bertz CT molecular complexity index is 1130. The first-order valence-electron chi connectivity index (χ1n) is 10.5. The van der Waals surface area contributed by atoms with Crippen LogP contribution in [0.4, 0.5) is 4.79 Å². The lowest BCUT2D eigenvalue weighted by molar-refractivity contribution is -0.153. The highest BCUT2D eigenvalue weighted by Gasteiger charge is 2.36. The molecule has 0 aliphatic carbocycles. The van der Waals surface area contributed by atoms with Gasteiger partial charge in [-0.25, -0.2) is 19.2 Å². The van der Waals surface area contributed by atoms with Gasteiger partial charge in [-0.05, 0) is 24.1 Å². The summed E-state index contributed by atoms with van der Waals surface area (Å²) in [4.78, 5) is 49.9. The Hall–Kier alpha value is -4.14. The fourth-order valence-corrected chi connectivity index (χ4v) is 3.78. The van der Waals surface area contributed by atoms with Crippen molar-refractivity contribution in [2.45, 2.75) is 25.5 Å². The van der Waals surface area contributed by atoms with Gasteiger partial charge < -0.3 is 24.8 Å². The number of hydrogen-bond acceptors (Lipinski definition) is 7. The van der Waals surface area contributed by atoms with Gasteiger partial charge >= 0.3 is 23.9 Å². The fourth-order valence-electron chi connectivity index (χ4n) is 3.78. The molecule has 2 N–H and O–H groups in total. The molecule has 9 heteroatoms. The largest absolute Gasteiger partial charge is 0.463 e. The molecule has 2 amide bonds. The van der Waals surface area contributed by atoms with Crippen LogP contribution in [-0.4, -0.2) is 43.3 Å². The normalized spacial score (nSPS) is 19.5. The summed E-state index contributed by atoms with van der Waals surface area (Å²) in [5, 5.41) is 5.23. The van der Waals surface area contributed by atoms with E-state index in [1.807, 2.05) is 6.07 Å². The van der Waals surface area contributed by atoms with E-state index in [0.29, 0.717) is 16.7 Å². The zero-order chi connectivity index (χ0) is 23.4. The molecule has 170 valence electrons. The first-order valence-corrected chi connectivity index (χ1v) is 10.5. The molecule has 9 nitrogen and oxygen atoms in total. The van der Waals surface area contributed by atoms with Gasteiger partial charge in [0, 0.05) is 6.42 Å². The maximum atomic E-state index is 12.7. The van der Waals surface area contributed by atoms with Gasteiger partial charge in [-0.15, -0.1) is 0 Å². The third-order valence-electron chi connectivity index (χ3n) is 5.30. The number of carbonyl (C=O) groups is 4. The summed E-state index contributed by atoms with van der Waals surface area (Å²) in [6.45, 7) is 1.39. The van der Waals surface area contributed by atoms with E-state index in [4.69, 9.17) is 14.2 Å². The van der Waals surface area contributed by atoms with E-state index < -0.39 is 42.7 Å². The molecule has 2 heterocycles. The number of hydrogen-bond donors (Lipinski definition) is 2. The van der Waals surface area contributed by atoms with E-state index in [0.717, 1.165) is 0 Å². The second-order valence-electron chi connectivity index (χ2n) is 7.42. The Morgan fingerprint density at radius 2 is 1.76 bits per heavy atom. The van der Waals surface area contributed by atoms with Gasteiger partial charge in [0.2, 0.25) is 6.10 Å². The molecule has 0 bridgehead atoms. The lowest BCUT2D eigenvalue weighted by Gasteiger charge is -2.29. The van der Waals surface area contributed by atoms with Crippen LogP contribution in [0.5, 0.6) is 0 Å². The number of cyclic esters (lactones) is 1. The van der Waals surface area contributed by atoms with Crippen molar-refractivity contribution >= 4 is 23.9 Å². The molecule has 0 radical (unpaired) electrons. The van der Waals surface area contributed by atoms with Crippen molar-refractivity contribution in [1.29, 1.82) is 0 Å². The zero-order valence-corrected chi connectivity index (χ0v) is 17.8. The molecular formula is C24H22N2O7. The molecule has 4 rings (SSSR count). The first-order chi connectivity index (χ1) is 16.0. The van der Waals surface area contributed by atoms with Crippen LogP contribution in [-0.2, 0) is 30.2 Å². The molecule has 0 spiro atoms. The smallest absolute Gasteiger partial charge is 0.348 e. The quantitative estimate of drug-likeness (QED) is 0.511. The monoisotopic (exact) mass is 450 g/mol. The van der Waals surface area contributed by atoms with Gasteiger partial charge in [0.05, 0.1) is 29.5 Å². The predicted octanol–water partition coefficient (Wildman–Crippen LogP) is 2.18. The Kier molecular flexibility index (Phi) is 6.39. The van der Waals surface area contributed by atoms with Crippen LogP contribution in [0, 0.1) is 0 Å². The standard InChI is InChI=1S/C24H22N2O7/c1-2-31-23(29)19-17(25-24(30)26-20(19)14-8-4-3-5-9-14)13-32-22(28)18-12-15-10-6-7-11-16(15)21(27)33-18/h3-11,18,20H,2,12-13H2,1H3,(H2,25,26,30)/t18-,20-/m1/s1. The average Bonchev–Trinajstić information content (AvgIpc) is 2.82. The van der Waals surface area contributed by atoms with Crippen LogP contribution in [0.25, 0.3) is 0 Å². The van der Waals surface area contributed by atoms with Crippen molar-refractivity contribution < 1.29 is 33.4 Å². The number of fused-ring (bicyclic) bond motifs is 1. The molecule has 2 aromatic rings. The lowest BCUT2D eigenvalue weighted by atomic mass is 9.95. The SMILES string of the molecule is CCOC(=O)C1=C(COC(=O)[C@H]2Cc3ccccc3C(=O)O2)NC(=O)N[C@@H]1c1ccccc1. The molecule has 0 saturated carbocycles. The lowest BCUT2D eigenvalue weighted by Crippen LogP contribution is -2.47. The summed E-state index contributed by atoms with van der Waals surface area (Å²) >= 11 is 0. The van der Waals surface area contributed by atoms with E-state index in [1.54, 1.807) is 55.5 Å². The second kappa shape index (κ2) is 9.56. The van der Waals surface area contributed by atoms with Crippen LogP contribution in [0.2, 0.25) is 0 Å².